The third-order valence-electron chi connectivity index (χ3n) is 3.97. The average Bonchev–Trinajstić information content (AvgIpc) is 2.93. The predicted molar refractivity (Wildman–Crippen MR) is 103 cm³/mol. The first kappa shape index (κ1) is 21.2. The van der Waals surface area contributed by atoms with Crippen molar-refractivity contribution in [2.75, 3.05) is 13.1 Å². The van der Waals surface area contributed by atoms with Gasteiger partial charge in [-0.25, -0.2) is 0 Å². The van der Waals surface area contributed by atoms with Crippen LogP contribution in [0, 0.1) is 0 Å². The lowest BCUT2D eigenvalue weighted by Gasteiger charge is -2.22. The Balaban J connectivity index is 0.00000144. The van der Waals surface area contributed by atoms with Gasteiger partial charge in [-0.3, -0.25) is 0 Å². The summed E-state index contributed by atoms with van der Waals surface area (Å²) < 4.78 is 2.25. The molecule has 3 rings (SSSR count). The molecule has 2 heterocycles. The molecule has 0 aliphatic carbocycles. The molecule has 0 bridgehead atoms. The van der Waals surface area contributed by atoms with Crippen molar-refractivity contribution in [3.63, 3.8) is 0 Å². The van der Waals surface area contributed by atoms with Gasteiger partial charge in [0.05, 0.1) is 12.5 Å². The van der Waals surface area contributed by atoms with Crippen molar-refractivity contribution in [1.82, 2.24) is 25.4 Å². The van der Waals surface area contributed by atoms with E-state index in [1.54, 1.807) is 0 Å². The minimum Gasteiger partial charge on any atom is -0.313 e. The molecule has 134 valence electrons. The van der Waals surface area contributed by atoms with Crippen LogP contribution in [0.3, 0.4) is 0 Å². The van der Waals surface area contributed by atoms with Gasteiger partial charge < -0.3 is 15.2 Å². The first-order chi connectivity index (χ1) is 10.6. The van der Waals surface area contributed by atoms with E-state index in [1.165, 1.54) is 5.56 Å². The molecule has 1 aliphatic heterocycles. The van der Waals surface area contributed by atoms with E-state index in [0.29, 0.717) is 6.04 Å². The summed E-state index contributed by atoms with van der Waals surface area (Å²) in [6, 6.07) is 8.47. The highest BCUT2D eigenvalue weighted by Crippen LogP contribution is 2.25. The molecule has 0 amide bonds. The highest BCUT2D eigenvalue weighted by molar-refractivity contribution is 6.30. The Morgan fingerprint density at radius 3 is 2.58 bits per heavy atom. The molecule has 0 radical (unpaired) electrons. The summed E-state index contributed by atoms with van der Waals surface area (Å²) in [5.41, 5.74) is 1.21. The number of fused-ring (bicyclic) bond motifs is 1. The molecule has 1 unspecified atom stereocenters. The first-order valence-electron chi connectivity index (χ1n) is 7.76. The van der Waals surface area contributed by atoms with Crippen molar-refractivity contribution < 1.29 is 0 Å². The van der Waals surface area contributed by atoms with E-state index in [1.807, 2.05) is 12.1 Å². The van der Waals surface area contributed by atoms with Crippen molar-refractivity contribution in [2.24, 2.45) is 0 Å². The fraction of sp³-hybridized carbons (Fsp3) is 0.500. The van der Waals surface area contributed by atoms with Crippen LogP contribution in [0.5, 0.6) is 0 Å². The second-order valence-corrected chi connectivity index (χ2v) is 6.41. The van der Waals surface area contributed by atoms with Crippen LogP contribution < -0.4 is 10.6 Å². The van der Waals surface area contributed by atoms with Gasteiger partial charge in [-0.05, 0) is 17.7 Å². The molecule has 1 atom stereocenters. The normalized spacial score (nSPS) is 14.5. The Kier molecular flexibility index (Phi) is 8.46. The lowest BCUT2D eigenvalue weighted by Crippen LogP contribution is -2.33. The summed E-state index contributed by atoms with van der Waals surface area (Å²) in [5.74, 6) is 2.23. The first-order valence-corrected chi connectivity index (χ1v) is 8.14. The minimum atomic E-state index is 0. The van der Waals surface area contributed by atoms with E-state index in [4.69, 9.17) is 11.6 Å². The summed E-state index contributed by atoms with van der Waals surface area (Å²) in [6.45, 7) is 7.82. The Morgan fingerprint density at radius 1 is 1.21 bits per heavy atom. The van der Waals surface area contributed by atoms with Gasteiger partial charge in [0.15, 0.2) is 0 Å². The molecule has 0 saturated heterocycles. The zero-order chi connectivity index (χ0) is 15.5. The summed E-state index contributed by atoms with van der Waals surface area (Å²) in [7, 11) is 0. The van der Waals surface area contributed by atoms with Crippen molar-refractivity contribution in [3.05, 3.63) is 46.5 Å². The van der Waals surface area contributed by atoms with Crippen LogP contribution in [-0.4, -0.2) is 33.9 Å². The van der Waals surface area contributed by atoms with Crippen LogP contribution in [0.25, 0.3) is 0 Å². The van der Waals surface area contributed by atoms with Crippen LogP contribution in [0.4, 0.5) is 0 Å². The number of halogens is 3. The van der Waals surface area contributed by atoms with Crippen molar-refractivity contribution in [2.45, 2.75) is 38.9 Å². The molecule has 2 N–H and O–H groups in total. The van der Waals surface area contributed by atoms with Crippen LogP contribution in [0.15, 0.2) is 24.3 Å². The van der Waals surface area contributed by atoms with Gasteiger partial charge >= 0.3 is 0 Å². The second kappa shape index (κ2) is 9.59. The Labute approximate surface area is 160 Å². The fourth-order valence-corrected chi connectivity index (χ4v) is 2.91. The van der Waals surface area contributed by atoms with Gasteiger partial charge in [-0.15, -0.1) is 35.0 Å². The Morgan fingerprint density at radius 2 is 1.92 bits per heavy atom. The Hall–Kier alpha value is -0.850. The third kappa shape index (κ3) is 4.83. The zero-order valence-corrected chi connectivity index (χ0v) is 16.2. The highest BCUT2D eigenvalue weighted by Gasteiger charge is 2.24. The van der Waals surface area contributed by atoms with E-state index >= 15 is 0 Å². The minimum absolute atomic E-state index is 0. The van der Waals surface area contributed by atoms with Crippen LogP contribution >= 0.6 is 36.4 Å². The average molecular weight is 393 g/mol. The molecular formula is C16H24Cl3N5. The van der Waals surface area contributed by atoms with Crippen LogP contribution in [0.2, 0.25) is 5.02 Å². The monoisotopic (exact) mass is 391 g/mol. The van der Waals surface area contributed by atoms with Crippen molar-refractivity contribution >= 4 is 36.4 Å². The van der Waals surface area contributed by atoms with E-state index in [2.05, 4.69) is 51.4 Å². The number of hydrogen-bond acceptors (Lipinski definition) is 4. The molecule has 1 aromatic carbocycles. The van der Waals surface area contributed by atoms with Crippen molar-refractivity contribution in [1.29, 1.82) is 0 Å². The molecule has 0 saturated carbocycles. The van der Waals surface area contributed by atoms with E-state index in [-0.39, 0.29) is 30.7 Å². The number of hydrogen-bond donors (Lipinski definition) is 2. The number of benzene rings is 1. The highest BCUT2D eigenvalue weighted by atomic mass is 35.5. The molecule has 1 aromatic heterocycles. The van der Waals surface area contributed by atoms with Gasteiger partial charge in [-0.2, -0.15) is 0 Å². The van der Waals surface area contributed by atoms with Gasteiger partial charge in [0.2, 0.25) is 0 Å². The summed E-state index contributed by atoms with van der Waals surface area (Å²) in [5, 5.41) is 16.4. The third-order valence-corrected chi connectivity index (χ3v) is 4.22. The van der Waals surface area contributed by atoms with Crippen LogP contribution in [0.1, 0.15) is 37.0 Å². The lowest BCUT2D eigenvalue weighted by atomic mass is 9.97. The zero-order valence-electron chi connectivity index (χ0n) is 13.8. The smallest absolute Gasteiger partial charge is 0.147 e. The number of aromatic nitrogens is 3. The van der Waals surface area contributed by atoms with Crippen LogP contribution in [-0.2, 0) is 13.1 Å². The molecule has 1 aliphatic rings. The van der Waals surface area contributed by atoms with Crippen molar-refractivity contribution in [3.8, 4) is 0 Å². The second-order valence-electron chi connectivity index (χ2n) is 5.97. The molecule has 5 nitrogen and oxygen atoms in total. The SMILES string of the molecule is CC(C)NCC(c1ccc(Cl)cc1)c1nnc2n1CCNC2.Cl.Cl. The van der Waals surface area contributed by atoms with E-state index in [0.717, 1.165) is 42.9 Å². The van der Waals surface area contributed by atoms with Gasteiger partial charge in [0.1, 0.15) is 11.6 Å². The number of nitrogens with zero attached hydrogens (tertiary/aromatic N) is 3. The molecule has 0 spiro atoms. The maximum Gasteiger partial charge on any atom is 0.147 e. The number of nitrogens with one attached hydrogen (secondary N) is 2. The van der Waals surface area contributed by atoms with E-state index in [9.17, 15) is 0 Å². The molecular weight excluding hydrogens is 369 g/mol. The summed E-state index contributed by atoms with van der Waals surface area (Å²) >= 11 is 6.03. The maximum atomic E-state index is 6.03. The summed E-state index contributed by atoms with van der Waals surface area (Å²) in [6.07, 6.45) is 0. The Bertz CT molecular complexity index is 627. The topological polar surface area (TPSA) is 54.8 Å². The molecule has 24 heavy (non-hydrogen) atoms. The van der Waals surface area contributed by atoms with Gasteiger partial charge in [0, 0.05) is 30.7 Å². The van der Waals surface area contributed by atoms with E-state index < -0.39 is 0 Å². The number of rotatable bonds is 5. The maximum absolute atomic E-state index is 6.03. The summed E-state index contributed by atoms with van der Waals surface area (Å²) in [4.78, 5) is 0. The molecule has 8 heteroatoms. The lowest BCUT2D eigenvalue weighted by molar-refractivity contribution is 0.475. The fourth-order valence-electron chi connectivity index (χ4n) is 2.78. The molecule has 0 fully saturated rings. The quantitative estimate of drug-likeness (QED) is 0.821. The molecule has 2 aromatic rings. The van der Waals surface area contributed by atoms with Gasteiger partial charge in [0.25, 0.3) is 0 Å². The predicted octanol–water partition coefficient (Wildman–Crippen LogP) is 3.01. The standard InChI is InChI=1S/C16H22ClN5.2ClH/c1-11(2)19-9-14(12-3-5-13(17)6-4-12)16-21-20-15-10-18-7-8-22(15)16;;/h3-6,11,14,18-19H,7-10H2,1-2H3;2*1H. The largest absolute Gasteiger partial charge is 0.313 e. The van der Waals surface area contributed by atoms with Gasteiger partial charge in [-0.1, -0.05) is 37.6 Å².